The predicted molar refractivity (Wildman–Crippen MR) is 103 cm³/mol. The Hall–Kier alpha value is -1.90. The summed E-state index contributed by atoms with van der Waals surface area (Å²) < 4.78 is 18.4. The van der Waals surface area contributed by atoms with Gasteiger partial charge in [-0.15, -0.1) is 0 Å². The number of ether oxygens (including phenoxy) is 1. The van der Waals surface area contributed by atoms with Crippen LogP contribution in [0.1, 0.15) is 60.8 Å². The van der Waals surface area contributed by atoms with Gasteiger partial charge in [0.2, 0.25) is 5.83 Å². The molecule has 2 nitrogen and oxygen atoms in total. The number of rotatable bonds is 6. The fourth-order valence-electron chi connectivity index (χ4n) is 3.05. The molecule has 0 saturated carbocycles. The summed E-state index contributed by atoms with van der Waals surface area (Å²) in [4.78, 5) is 11.3. The van der Waals surface area contributed by atoms with E-state index in [0.717, 1.165) is 5.57 Å². The van der Waals surface area contributed by atoms with Crippen molar-refractivity contribution in [1.82, 2.24) is 0 Å². The van der Waals surface area contributed by atoms with Gasteiger partial charge in [-0.05, 0) is 63.5 Å². The molecule has 0 fully saturated rings. The van der Waals surface area contributed by atoms with Crippen molar-refractivity contribution in [2.45, 2.75) is 60.8 Å². The molecule has 0 N–H and O–H groups in total. The molecule has 1 aliphatic carbocycles. The van der Waals surface area contributed by atoms with Crippen LogP contribution in [0.5, 0.6) is 0 Å². The van der Waals surface area contributed by atoms with E-state index >= 15 is 0 Å². The highest BCUT2D eigenvalue weighted by Crippen LogP contribution is 2.40. The molecule has 25 heavy (non-hydrogen) atoms. The largest absolute Gasteiger partial charge is 0.461 e. The monoisotopic (exact) mass is 346 g/mol. The zero-order chi connectivity index (χ0) is 19.0. The summed E-state index contributed by atoms with van der Waals surface area (Å²) in [5, 5.41) is 0. The first-order chi connectivity index (χ1) is 11.7. The molecule has 0 aromatic rings. The number of hydrogen-bond donors (Lipinski definition) is 0. The maximum Gasteiger partial charge on any atom is 0.367 e. The van der Waals surface area contributed by atoms with Gasteiger partial charge in [-0.2, -0.15) is 4.39 Å². The molecule has 0 aliphatic heterocycles. The molecule has 0 amide bonds. The lowest BCUT2D eigenvalue weighted by atomic mass is 9.72. The molecule has 1 aliphatic rings. The normalized spacial score (nSPS) is 19.6. The summed E-state index contributed by atoms with van der Waals surface area (Å²) in [6.45, 7) is 12.2. The Kier molecular flexibility index (Phi) is 8.08. The Labute approximate surface area is 151 Å². The van der Waals surface area contributed by atoms with Crippen LogP contribution < -0.4 is 0 Å². The van der Waals surface area contributed by atoms with Crippen LogP contribution in [0, 0.1) is 5.41 Å². The van der Waals surface area contributed by atoms with Gasteiger partial charge in [0, 0.05) is 0 Å². The van der Waals surface area contributed by atoms with Crippen LogP contribution in [-0.4, -0.2) is 12.6 Å². The van der Waals surface area contributed by atoms with E-state index in [9.17, 15) is 9.18 Å². The van der Waals surface area contributed by atoms with Gasteiger partial charge in [-0.3, -0.25) is 0 Å². The minimum atomic E-state index is -0.910. The molecule has 3 heteroatoms. The van der Waals surface area contributed by atoms with Gasteiger partial charge in [0.15, 0.2) is 0 Å². The van der Waals surface area contributed by atoms with Crippen molar-refractivity contribution in [3.63, 3.8) is 0 Å². The first kappa shape index (κ1) is 21.1. The molecule has 0 aromatic carbocycles. The Bertz CT molecular complexity index is 643. The van der Waals surface area contributed by atoms with Gasteiger partial charge >= 0.3 is 5.97 Å². The summed E-state index contributed by atoms with van der Waals surface area (Å²) in [7, 11) is 0. The summed E-state index contributed by atoms with van der Waals surface area (Å²) >= 11 is 0. The predicted octanol–water partition coefficient (Wildman–Crippen LogP) is 6.38. The summed E-state index contributed by atoms with van der Waals surface area (Å²) in [5.41, 5.74) is 4.43. The van der Waals surface area contributed by atoms with Gasteiger partial charge in [0.05, 0.1) is 6.61 Å². The second-order valence-electron chi connectivity index (χ2n) is 7.25. The van der Waals surface area contributed by atoms with Gasteiger partial charge in [-0.1, -0.05) is 55.4 Å². The molecule has 138 valence electrons. The molecule has 0 bridgehead atoms. The zero-order valence-electron chi connectivity index (χ0n) is 16.4. The van der Waals surface area contributed by atoms with Gasteiger partial charge in [0.25, 0.3) is 0 Å². The van der Waals surface area contributed by atoms with E-state index in [1.54, 1.807) is 26.0 Å². The van der Waals surface area contributed by atoms with Crippen molar-refractivity contribution < 1.29 is 13.9 Å². The zero-order valence-corrected chi connectivity index (χ0v) is 16.4. The lowest BCUT2D eigenvalue weighted by Crippen LogP contribution is -2.19. The van der Waals surface area contributed by atoms with E-state index < -0.39 is 11.8 Å². The summed E-state index contributed by atoms with van der Waals surface area (Å²) in [6.07, 6.45) is 13.2. The van der Waals surface area contributed by atoms with Crippen LogP contribution in [0.2, 0.25) is 0 Å². The average Bonchev–Trinajstić information content (AvgIpc) is 2.53. The van der Waals surface area contributed by atoms with Crippen LogP contribution in [0.25, 0.3) is 0 Å². The van der Waals surface area contributed by atoms with Crippen molar-refractivity contribution in [1.29, 1.82) is 0 Å². The molecule has 0 atom stereocenters. The first-order valence-corrected chi connectivity index (χ1v) is 8.95. The van der Waals surface area contributed by atoms with E-state index in [2.05, 4.69) is 37.7 Å². The minimum Gasteiger partial charge on any atom is -0.461 e. The topological polar surface area (TPSA) is 26.3 Å². The third kappa shape index (κ3) is 6.49. The number of carbonyl (C=O) groups is 1. The Morgan fingerprint density at radius 1 is 1.28 bits per heavy atom. The van der Waals surface area contributed by atoms with Gasteiger partial charge in [-0.25, -0.2) is 4.79 Å². The van der Waals surface area contributed by atoms with Crippen molar-refractivity contribution in [2.75, 3.05) is 6.61 Å². The molecular weight excluding hydrogens is 315 g/mol. The third-order valence-corrected chi connectivity index (χ3v) is 4.56. The first-order valence-electron chi connectivity index (χ1n) is 8.95. The molecule has 0 unspecified atom stereocenters. The van der Waals surface area contributed by atoms with Crippen LogP contribution in [0.15, 0.2) is 58.5 Å². The number of esters is 1. The van der Waals surface area contributed by atoms with E-state index in [-0.39, 0.29) is 17.6 Å². The summed E-state index contributed by atoms with van der Waals surface area (Å²) in [6, 6.07) is 0. The lowest BCUT2D eigenvalue weighted by molar-refractivity contribution is -0.140. The highest BCUT2D eigenvalue weighted by atomic mass is 19.1. The third-order valence-electron chi connectivity index (χ3n) is 4.56. The van der Waals surface area contributed by atoms with E-state index in [1.165, 1.54) is 30.4 Å². The number of hydrogen-bond acceptors (Lipinski definition) is 2. The Morgan fingerprint density at radius 3 is 2.56 bits per heavy atom. The standard InChI is InChI=1S/C22H31FO2/c1-7-25-21(24)20(23)18(4)11-8-10-16(2)13-14-19-17(3)12-9-15-22(19,5)6/h8,10-11,13-14H,7,9,12,15H2,1-6H3/b11-8+,14-13+,16-10+,20-18+. The molecule has 1 rings (SSSR count). The Morgan fingerprint density at radius 2 is 1.96 bits per heavy atom. The fourth-order valence-corrected chi connectivity index (χ4v) is 3.05. The van der Waals surface area contributed by atoms with Gasteiger partial charge < -0.3 is 4.74 Å². The van der Waals surface area contributed by atoms with E-state index in [4.69, 9.17) is 0 Å². The van der Waals surface area contributed by atoms with Crippen LogP contribution in [0.3, 0.4) is 0 Å². The molecule has 0 radical (unpaired) electrons. The Balaban J connectivity index is 2.82. The maximum atomic E-state index is 13.7. The van der Waals surface area contributed by atoms with Gasteiger partial charge in [0.1, 0.15) is 0 Å². The number of halogens is 1. The van der Waals surface area contributed by atoms with E-state index in [1.807, 2.05) is 13.0 Å². The van der Waals surface area contributed by atoms with Crippen molar-refractivity contribution in [2.24, 2.45) is 5.41 Å². The number of allylic oxidation sites excluding steroid dienone is 9. The maximum absolute atomic E-state index is 13.7. The van der Waals surface area contributed by atoms with E-state index in [0.29, 0.717) is 0 Å². The minimum absolute atomic E-state index is 0.165. The van der Waals surface area contributed by atoms with Crippen LogP contribution >= 0.6 is 0 Å². The van der Waals surface area contributed by atoms with Crippen molar-refractivity contribution in [3.05, 3.63) is 58.5 Å². The second kappa shape index (κ2) is 9.55. The number of carbonyl (C=O) groups excluding carboxylic acids is 1. The van der Waals surface area contributed by atoms with Crippen LogP contribution in [-0.2, 0) is 9.53 Å². The molecule has 0 saturated heterocycles. The summed E-state index contributed by atoms with van der Waals surface area (Å²) in [5.74, 6) is -1.75. The highest BCUT2D eigenvalue weighted by molar-refractivity contribution is 5.87. The SMILES string of the molecule is CCOC(=O)\C(F)=C(C)/C=C/C=C(C)/C=C/C1=C(C)CCCC1(C)C. The molecule has 0 heterocycles. The second-order valence-corrected chi connectivity index (χ2v) is 7.25. The van der Waals surface area contributed by atoms with Crippen molar-refractivity contribution >= 4 is 5.97 Å². The van der Waals surface area contributed by atoms with Crippen LogP contribution in [0.4, 0.5) is 4.39 Å². The van der Waals surface area contributed by atoms with Crippen molar-refractivity contribution in [3.8, 4) is 0 Å². The highest BCUT2D eigenvalue weighted by Gasteiger charge is 2.26. The lowest BCUT2D eigenvalue weighted by Gasteiger charge is -2.32. The molecule has 0 aromatic heterocycles. The molecular formula is C22H31FO2. The quantitative estimate of drug-likeness (QED) is 0.317. The average molecular weight is 346 g/mol. The fraction of sp³-hybridized carbons (Fsp3) is 0.500. The molecule has 0 spiro atoms. The smallest absolute Gasteiger partial charge is 0.367 e.